The van der Waals surface area contributed by atoms with Gasteiger partial charge in [0.25, 0.3) is 5.91 Å². The van der Waals surface area contributed by atoms with Gasteiger partial charge in [0.15, 0.2) is 6.61 Å². The van der Waals surface area contributed by atoms with Gasteiger partial charge in [-0.3, -0.25) is 4.79 Å². The van der Waals surface area contributed by atoms with Gasteiger partial charge in [-0.15, -0.1) is 0 Å². The van der Waals surface area contributed by atoms with Crippen LogP contribution in [0.15, 0.2) is 76.1 Å². The van der Waals surface area contributed by atoms with Crippen LogP contribution in [0.5, 0.6) is 17.2 Å². The molecule has 0 unspecified atom stereocenters. The van der Waals surface area contributed by atoms with Crippen LogP contribution in [0.4, 0.5) is 0 Å². The summed E-state index contributed by atoms with van der Waals surface area (Å²) in [6, 6.07) is 15.6. The first-order valence-electron chi connectivity index (χ1n) is 12.4. The zero-order valence-corrected chi connectivity index (χ0v) is 21.7. The Labute approximate surface area is 227 Å². The van der Waals surface area contributed by atoms with Crippen molar-refractivity contribution in [2.75, 3.05) is 13.7 Å². The Morgan fingerprint density at radius 3 is 2.55 bits per heavy atom. The maximum atomic E-state index is 12.7. The van der Waals surface area contributed by atoms with Crippen LogP contribution in [-0.2, 0) is 16.0 Å². The fourth-order valence-electron chi connectivity index (χ4n) is 4.64. The van der Waals surface area contributed by atoms with Gasteiger partial charge in [0.05, 0.1) is 7.11 Å². The third kappa shape index (κ3) is 5.32. The van der Waals surface area contributed by atoms with Gasteiger partial charge in [-0.2, -0.15) is 0 Å². The van der Waals surface area contributed by atoms with E-state index in [1.54, 1.807) is 50.6 Å². The number of aryl methyl sites for hydroxylation is 1. The molecule has 0 aliphatic rings. The zero-order chi connectivity index (χ0) is 28.4. The SMILES string of the molecule is COc1ccc(-c2cc(=O)oc3c(C)c(OCC(=O)N[C@@H](Cc4c[nH]c5ccc(O)cc45)C(=O)O)ccc23)cc1. The van der Waals surface area contributed by atoms with Gasteiger partial charge in [-0.1, -0.05) is 12.1 Å². The predicted octanol–water partition coefficient (Wildman–Crippen LogP) is 4.15. The summed E-state index contributed by atoms with van der Waals surface area (Å²) >= 11 is 0. The lowest BCUT2D eigenvalue weighted by Gasteiger charge is -2.16. The normalized spacial score (nSPS) is 11.8. The number of aromatic nitrogens is 1. The minimum Gasteiger partial charge on any atom is -0.508 e. The molecule has 5 aromatic rings. The average molecular weight is 543 g/mol. The second-order valence-corrected chi connectivity index (χ2v) is 9.27. The van der Waals surface area contributed by atoms with E-state index in [0.717, 1.165) is 11.1 Å². The van der Waals surface area contributed by atoms with Crippen molar-refractivity contribution < 1.29 is 33.7 Å². The summed E-state index contributed by atoms with van der Waals surface area (Å²) in [7, 11) is 1.57. The Morgan fingerprint density at radius 1 is 1.05 bits per heavy atom. The molecule has 2 heterocycles. The molecule has 0 saturated carbocycles. The molecule has 2 aromatic heterocycles. The Morgan fingerprint density at radius 2 is 1.82 bits per heavy atom. The highest BCUT2D eigenvalue weighted by Gasteiger charge is 2.23. The molecule has 3 aromatic carbocycles. The lowest BCUT2D eigenvalue weighted by molar-refractivity contribution is -0.142. The minimum absolute atomic E-state index is 0.00117. The van der Waals surface area contributed by atoms with E-state index in [0.29, 0.717) is 44.5 Å². The van der Waals surface area contributed by atoms with Crippen LogP contribution in [0.25, 0.3) is 33.0 Å². The number of methoxy groups -OCH3 is 1. The van der Waals surface area contributed by atoms with Gasteiger partial charge in [0.1, 0.15) is 28.9 Å². The smallest absolute Gasteiger partial charge is 0.336 e. The molecule has 10 heteroatoms. The Hall–Kier alpha value is -5.25. The number of hydrogen-bond donors (Lipinski definition) is 4. The van der Waals surface area contributed by atoms with E-state index in [4.69, 9.17) is 13.9 Å². The van der Waals surface area contributed by atoms with Crippen molar-refractivity contribution in [2.24, 2.45) is 0 Å². The number of fused-ring (bicyclic) bond motifs is 2. The van der Waals surface area contributed by atoms with Crippen LogP contribution in [0.3, 0.4) is 0 Å². The van der Waals surface area contributed by atoms with Crippen LogP contribution in [0.2, 0.25) is 0 Å². The number of carbonyl (C=O) groups is 2. The van der Waals surface area contributed by atoms with Crippen molar-refractivity contribution in [1.29, 1.82) is 0 Å². The standard InChI is InChI=1S/C30H26N2O8/c1-16-26(10-8-21-22(13-28(35)40-29(16)21)17-3-6-20(38-2)7-4-17)39-15-27(34)32-25(30(36)37)11-18-14-31-24-9-5-19(33)12-23(18)24/h3-10,12-14,25,31,33H,11,15H2,1-2H3,(H,32,34)(H,36,37)/t25-/m0/s1. The van der Waals surface area contributed by atoms with Gasteiger partial charge >= 0.3 is 11.6 Å². The molecule has 204 valence electrons. The van der Waals surface area contributed by atoms with E-state index in [1.165, 1.54) is 18.2 Å². The van der Waals surface area contributed by atoms with Crippen molar-refractivity contribution in [3.63, 3.8) is 0 Å². The molecular formula is C30H26N2O8. The highest BCUT2D eigenvalue weighted by atomic mass is 16.5. The molecule has 0 radical (unpaired) electrons. The number of aromatic hydroxyl groups is 1. The molecule has 5 rings (SSSR count). The molecule has 0 spiro atoms. The van der Waals surface area contributed by atoms with E-state index >= 15 is 0 Å². The maximum absolute atomic E-state index is 12.7. The third-order valence-corrected chi connectivity index (χ3v) is 6.68. The Balaban J connectivity index is 1.32. The number of carboxylic acid groups (broad SMARTS) is 1. The topological polar surface area (TPSA) is 151 Å². The first-order valence-corrected chi connectivity index (χ1v) is 12.4. The highest BCUT2D eigenvalue weighted by molar-refractivity contribution is 5.96. The second-order valence-electron chi connectivity index (χ2n) is 9.27. The summed E-state index contributed by atoms with van der Waals surface area (Å²) in [4.78, 5) is 40.0. The van der Waals surface area contributed by atoms with Crippen LogP contribution in [-0.4, -0.2) is 46.8 Å². The molecule has 40 heavy (non-hydrogen) atoms. The van der Waals surface area contributed by atoms with E-state index < -0.39 is 30.2 Å². The average Bonchev–Trinajstić information content (AvgIpc) is 3.33. The molecule has 0 bridgehead atoms. The highest BCUT2D eigenvalue weighted by Crippen LogP contribution is 2.33. The molecule has 10 nitrogen and oxygen atoms in total. The van der Waals surface area contributed by atoms with Gasteiger partial charge in [-0.25, -0.2) is 9.59 Å². The van der Waals surface area contributed by atoms with Crippen molar-refractivity contribution in [1.82, 2.24) is 10.3 Å². The molecular weight excluding hydrogens is 516 g/mol. The summed E-state index contributed by atoms with van der Waals surface area (Å²) in [6.07, 6.45) is 1.65. The van der Waals surface area contributed by atoms with Gasteiger partial charge in [0.2, 0.25) is 0 Å². The summed E-state index contributed by atoms with van der Waals surface area (Å²) in [5, 5.41) is 23.3. The van der Waals surface area contributed by atoms with Crippen LogP contribution in [0.1, 0.15) is 11.1 Å². The number of aromatic amines is 1. The van der Waals surface area contributed by atoms with Crippen molar-refractivity contribution in [3.8, 4) is 28.4 Å². The Bertz CT molecular complexity index is 1790. The van der Waals surface area contributed by atoms with E-state index in [1.807, 2.05) is 12.1 Å². The number of aliphatic carboxylic acids is 1. The molecule has 0 fully saturated rings. The van der Waals surface area contributed by atoms with Crippen LogP contribution < -0.4 is 20.4 Å². The van der Waals surface area contributed by atoms with E-state index in [9.17, 15) is 24.6 Å². The zero-order valence-electron chi connectivity index (χ0n) is 21.7. The number of phenols is 1. The Kier molecular flexibility index (Phi) is 7.15. The van der Waals surface area contributed by atoms with Gasteiger partial charge in [-0.05, 0) is 66.1 Å². The van der Waals surface area contributed by atoms with E-state index in [2.05, 4.69) is 10.3 Å². The van der Waals surface area contributed by atoms with Gasteiger partial charge < -0.3 is 34.4 Å². The molecule has 0 aliphatic heterocycles. The number of carboxylic acids is 1. The number of rotatable bonds is 9. The molecule has 0 saturated heterocycles. The molecule has 4 N–H and O–H groups in total. The number of amides is 1. The van der Waals surface area contributed by atoms with Gasteiger partial charge in [0, 0.05) is 40.5 Å². The maximum Gasteiger partial charge on any atom is 0.336 e. The van der Waals surface area contributed by atoms with Crippen molar-refractivity contribution >= 4 is 33.7 Å². The molecule has 1 amide bonds. The van der Waals surface area contributed by atoms with Crippen LogP contribution in [0, 0.1) is 6.92 Å². The lowest BCUT2D eigenvalue weighted by atomic mass is 10.00. The fourth-order valence-corrected chi connectivity index (χ4v) is 4.64. The number of hydrogen-bond acceptors (Lipinski definition) is 7. The number of ether oxygens (including phenoxy) is 2. The largest absolute Gasteiger partial charge is 0.508 e. The minimum atomic E-state index is -1.22. The quantitative estimate of drug-likeness (QED) is 0.203. The van der Waals surface area contributed by atoms with Crippen molar-refractivity contribution in [2.45, 2.75) is 19.4 Å². The first-order chi connectivity index (χ1) is 19.2. The summed E-state index contributed by atoms with van der Waals surface area (Å²) in [5.74, 6) is -0.792. The third-order valence-electron chi connectivity index (χ3n) is 6.68. The number of carbonyl (C=O) groups excluding carboxylic acids is 1. The number of nitrogens with one attached hydrogen (secondary N) is 2. The number of benzene rings is 3. The first kappa shape index (κ1) is 26.4. The second kappa shape index (κ2) is 10.9. The molecule has 0 aliphatic carbocycles. The predicted molar refractivity (Wildman–Crippen MR) is 148 cm³/mol. The summed E-state index contributed by atoms with van der Waals surface area (Å²) in [6.45, 7) is 1.26. The lowest BCUT2D eigenvalue weighted by Crippen LogP contribution is -2.44. The summed E-state index contributed by atoms with van der Waals surface area (Å²) < 4.78 is 16.4. The summed E-state index contributed by atoms with van der Waals surface area (Å²) in [5.41, 5.74) is 3.15. The fraction of sp³-hybridized carbons (Fsp3) is 0.167. The monoisotopic (exact) mass is 542 g/mol. The number of phenolic OH excluding ortho intramolecular Hbond substituents is 1. The van der Waals surface area contributed by atoms with E-state index in [-0.39, 0.29) is 12.2 Å². The van der Waals surface area contributed by atoms with Crippen molar-refractivity contribution in [3.05, 3.63) is 88.4 Å². The molecule has 1 atom stereocenters. The van der Waals surface area contributed by atoms with Crippen LogP contribution >= 0.6 is 0 Å². The number of H-pyrrole nitrogens is 1.